The molecule has 2 aliphatic heterocycles. The van der Waals surface area contributed by atoms with Crippen LogP contribution in [0, 0.1) is 0 Å². The highest BCUT2D eigenvalue weighted by atomic mass is 16.3. The second-order valence-electron chi connectivity index (χ2n) is 10.1. The number of carbonyl (C=O) groups excluding carboxylic acids is 2. The van der Waals surface area contributed by atoms with Gasteiger partial charge in [0.25, 0.3) is 0 Å². The van der Waals surface area contributed by atoms with Crippen LogP contribution in [0.15, 0.2) is 48.5 Å². The highest BCUT2D eigenvalue weighted by Gasteiger charge is 2.20. The number of anilines is 5. The minimum Gasteiger partial charge on any atom is -0.392 e. The van der Waals surface area contributed by atoms with Crippen LogP contribution in [0.1, 0.15) is 60.9 Å². The lowest BCUT2D eigenvalue weighted by molar-refractivity contribution is -0.115. The van der Waals surface area contributed by atoms with Crippen LogP contribution >= 0.6 is 0 Å². The molecule has 0 unspecified atom stereocenters. The molecule has 2 saturated heterocycles. The molecule has 10 nitrogen and oxygen atoms in total. The molecule has 3 N–H and O–H groups in total. The summed E-state index contributed by atoms with van der Waals surface area (Å²) in [6.07, 6.45) is 6.73. The standard InChI is InChI=1S/C29H35N7O3/c37-20-21-8-7-9-24(18-21)30-26(39)19-25(38)22-10-12-23(13-11-22)31-27-32-28(35-14-3-1-4-15-35)34-29(33-27)36-16-5-2-6-17-36/h7-13,18,37H,1-6,14-17,19-20H2,(H,30,39)(H,31,32,33,34). The van der Waals surface area contributed by atoms with Crippen molar-refractivity contribution in [2.45, 2.75) is 51.6 Å². The van der Waals surface area contributed by atoms with Gasteiger partial charge in [0.15, 0.2) is 5.78 Å². The van der Waals surface area contributed by atoms with Crippen LogP contribution in [0.5, 0.6) is 0 Å². The molecule has 0 spiro atoms. The summed E-state index contributed by atoms with van der Waals surface area (Å²) in [5.74, 6) is 1.20. The van der Waals surface area contributed by atoms with Crippen molar-refractivity contribution in [2.75, 3.05) is 46.6 Å². The third kappa shape index (κ3) is 7.08. The number of Topliss-reactive ketones (excluding diaryl/α,β-unsaturated/α-hetero) is 1. The second-order valence-corrected chi connectivity index (χ2v) is 10.1. The van der Waals surface area contributed by atoms with Crippen LogP contribution in [-0.2, 0) is 11.4 Å². The Kier molecular flexibility index (Phi) is 8.62. The van der Waals surface area contributed by atoms with Crippen molar-refractivity contribution in [3.63, 3.8) is 0 Å². The number of rotatable bonds is 9. The summed E-state index contributed by atoms with van der Waals surface area (Å²) in [5, 5.41) is 15.3. The minimum atomic E-state index is -0.405. The number of amides is 1. The van der Waals surface area contributed by atoms with E-state index in [-0.39, 0.29) is 18.8 Å². The van der Waals surface area contributed by atoms with E-state index in [0.717, 1.165) is 57.5 Å². The van der Waals surface area contributed by atoms with Crippen molar-refractivity contribution < 1.29 is 14.7 Å². The van der Waals surface area contributed by atoms with E-state index in [4.69, 9.17) is 15.0 Å². The number of benzene rings is 2. The van der Waals surface area contributed by atoms with E-state index >= 15 is 0 Å². The molecular weight excluding hydrogens is 494 g/mol. The summed E-state index contributed by atoms with van der Waals surface area (Å²) < 4.78 is 0. The average Bonchev–Trinajstić information content (AvgIpc) is 2.98. The zero-order valence-electron chi connectivity index (χ0n) is 22.1. The molecule has 3 aromatic rings. The lowest BCUT2D eigenvalue weighted by atomic mass is 10.1. The Balaban J connectivity index is 1.25. The fourth-order valence-electron chi connectivity index (χ4n) is 4.95. The molecule has 0 bridgehead atoms. The van der Waals surface area contributed by atoms with Crippen LogP contribution in [-0.4, -0.2) is 57.9 Å². The molecule has 0 radical (unpaired) electrons. The number of piperidine rings is 2. The number of hydrogen-bond acceptors (Lipinski definition) is 9. The normalized spacial score (nSPS) is 15.6. The van der Waals surface area contributed by atoms with Crippen LogP contribution in [0.2, 0.25) is 0 Å². The monoisotopic (exact) mass is 529 g/mol. The first-order valence-electron chi connectivity index (χ1n) is 13.7. The van der Waals surface area contributed by atoms with E-state index in [2.05, 4.69) is 20.4 Å². The first kappa shape index (κ1) is 26.6. The lowest BCUT2D eigenvalue weighted by Gasteiger charge is -2.30. The molecule has 0 atom stereocenters. The van der Waals surface area contributed by atoms with Gasteiger partial charge < -0.3 is 25.5 Å². The second kappa shape index (κ2) is 12.7. The van der Waals surface area contributed by atoms with Crippen molar-refractivity contribution in [2.24, 2.45) is 0 Å². The molecule has 5 rings (SSSR count). The predicted octanol–water partition coefficient (Wildman–Crippen LogP) is 4.30. The van der Waals surface area contributed by atoms with Crippen LogP contribution in [0.25, 0.3) is 0 Å². The number of carbonyl (C=O) groups is 2. The van der Waals surface area contributed by atoms with Gasteiger partial charge in [-0.15, -0.1) is 0 Å². The lowest BCUT2D eigenvalue weighted by Crippen LogP contribution is -2.34. The molecule has 39 heavy (non-hydrogen) atoms. The number of hydrogen-bond donors (Lipinski definition) is 3. The molecule has 1 amide bonds. The Labute approximate surface area is 228 Å². The molecule has 10 heteroatoms. The molecule has 204 valence electrons. The molecule has 1 aromatic heterocycles. The summed E-state index contributed by atoms with van der Waals surface area (Å²) in [6, 6.07) is 13.9. The number of nitrogens with one attached hydrogen (secondary N) is 2. The van der Waals surface area contributed by atoms with E-state index < -0.39 is 5.91 Å². The Morgan fingerprint density at radius 3 is 1.97 bits per heavy atom. The van der Waals surface area contributed by atoms with Gasteiger partial charge in [-0.25, -0.2) is 0 Å². The summed E-state index contributed by atoms with van der Waals surface area (Å²) in [5.41, 5.74) is 2.42. The van der Waals surface area contributed by atoms with Crippen molar-refractivity contribution in [1.29, 1.82) is 0 Å². The van der Waals surface area contributed by atoms with E-state index in [0.29, 0.717) is 34.7 Å². The van der Waals surface area contributed by atoms with Crippen LogP contribution in [0.4, 0.5) is 29.2 Å². The average molecular weight is 530 g/mol. The van der Waals surface area contributed by atoms with Gasteiger partial charge in [0.05, 0.1) is 13.0 Å². The molecule has 2 aliphatic rings. The van der Waals surface area contributed by atoms with E-state index in [1.54, 1.807) is 48.5 Å². The fourth-order valence-corrected chi connectivity index (χ4v) is 4.95. The van der Waals surface area contributed by atoms with Gasteiger partial charge in [0.1, 0.15) is 0 Å². The maximum absolute atomic E-state index is 12.7. The summed E-state index contributed by atoms with van der Waals surface area (Å²) >= 11 is 0. The fraction of sp³-hybridized carbons (Fsp3) is 0.414. The Hall–Kier alpha value is -4.05. The van der Waals surface area contributed by atoms with Gasteiger partial charge in [-0.3, -0.25) is 9.59 Å². The topological polar surface area (TPSA) is 124 Å². The van der Waals surface area contributed by atoms with Crippen molar-refractivity contribution in [3.8, 4) is 0 Å². The van der Waals surface area contributed by atoms with Gasteiger partial charge in [-0.05, 0) is 80.5 Å². The Morgan fingerprint density at radius 1 is 0.769 bits per heavy atom. The zero-order valence-corrected chi connectivity index (χ0v) is 22.1. The van der Waals surface area contributed by atoms with Crippen molar-refractivity contribution in [3.05, 3.63) is 59.7 Å². The Morgan fingerprint density at radius 2 is 1.38 bits per heavy atom. The maximum Gasteiger partial charge on any atom is 0.233 e. The minimum absolute atomic E-state index is 0.118. The highest BCUT2D eigenvalue weighted by molar-refractivity contribution is 6.11. The van der Waals surface area contributed by atoms with Crippen LogP contribution in [0.3, 0.4) is 0 Å². The SMILES string of the molecule is O=C(CC(=O)c1ccc(Nc2nc(N3CCCCC3)nc(N3CCCCC3)n2)cc1)Nc1cccc(CO)c1. The third-order valence-corrected chi connectivity index (χ3v) is 7.07. The summed E-state index contributed by atoms with van der Waals surface area (Å²) in [7, 11) is 0. The van der Waals surface area contributed by atoms with Gasteiger partial charge in [-0.2, -0.15) is 15.0 Å². The Bertz CT molecular complexity index is 1250. The van der Waals surface area contributed by atoms with Crippen LogP contribution < -0.4 is 20.4 Å². The number of aliphatic hydroxyl groups is 1. The van der Waals surface area contributed by atoms with E-state index in [9.17, 15) is 14.7 Å². The van der Waals surface area contributed by atoms with Gasteiger partial charge in [0.2, 0.25) is 23.8 Å². The van der Waals surface area contributed by atoms with Gasteiger partial charge >= 0.3 is 0 Å². The quantitative estimate of drug-likeness (QED) is 0.275. The zero-order chi connectivity index (χ0) is 27.0. The highest BCUT2D eigenvalue weighted by Crippen LogP contribution is 2.24. The molecule has 2 aromatic carbocycles. The third-order valence-electron chi connectivity index (χ3n) is 7.07. The summed E-state index contributed by atoms with van der Waals surface area (Å²) in [4.78, 5) is 43.8. The smallest absolute Gasteiger partial charge is 0.233 e. The number of nitrogens with zero attached hydrogens (tertiary/aromatic N) is 5. The summed E-state index contributed by atoms with van der Waals surface area (Å²) in [6.45, 7) is 3.66. The van der Waals surface area contributed by atoms with Crippen molar-refractivity contribution >= 4 is 40.9 Å². The number of aromatic nitrogens is 3. The molecule has 2 fully saturated rings. The van der Waals surface area contributed by atoms with E-state index in [1.165, 1.54) is 12.8 Å². The molecular formula is C29H35N7O3. The predicted molar refractivity (Wildman–Crippen MR) is 152 cm³/mol. The molecule has 3 heterocycles. The number of aliphatic hydroxyl groups excluding tert-OH is 1. The maximum atomic E-state index is 12.7. The van der Waals surface area contributed by atoms with E-state index in [1.807, 2.05) is 0 Å². The first-order chi connectivity index (χ1) is 19.1. The first-order valence-corrected chi connectivity index (χ1v) is 13.7. The van der Waals surface area contributed by atoms with Gasteiger partial charge in [-0.1, -0.05) is 12.1 Å². The molecule has 0 saturated carbocycles. The van der Waals surface area contributed by atoms with Crippen molar-refractivity contribution in [1.82, 2.24) is 15.0 Å². The molecule has 0 aliphatic carbocycles. The van der Waals surface area contributed by atoms with Gasteiger partial charge in [0, 0.05) is 43.1 Å². The number of ketones is 1. The largest absolute Gasteiger partial charge is 0.392 e.